The van der Waals surface area contributed by atoms with Crippen molar-refractivity contribution < 1.29 is 56.2 Å². The second-order valence-electron chi connectivity index (χ2n) is 13.5. The molecule has 0 saturated carbocycles. The van der Waals surface area contributed by atoms with Gasteiger partial charge >= 0.3 is 19.8 Å². The van der Waals surface area contributed by atoms with Gasteiger partial charge in [-0.15, -0.1) is 0 Å². The van der Waals surface area contributed by atoms with Gasteiger partial charge in [0.05, 0.1) is 44.9 Å². The van der Waals surface area contributed by atoms with Crippen LogP contribution >= 0.6 is 7.82 Å². The van der Waals surface area contributed by atoms with Crippen LogP contribution in [0.3, 0.4) is 0 Å². The number of carbonyl (C=O) groups is 3. The van der Waals surface area contributed by atoms with E-state index in [9.17, 15) is 18.9 Å². The molecule has 0 aliphatic carbocycles. The third-order valence-corrected chi connectivity index (χ3v) is 9.27. The van der Waals surface area contributed by atoms with Crippen LogP contribution in [0.4, 0.5) is 0 Å². The Hall–Kier alpha value is -2.96. The molecule has 1 aliphatic rings. The number of Topliss-reactive ketones (excluding diaryl/α,β-unsaturated/α-hetero) is 1. The lowest BCUT2D eigenvalue weighted by Gasteiger charge is -2.45. The summed E-state index contributed by atoms with van der Waals surface area (Å²) in [5.41, 5.74) is 0.732. The zero-order valence-corrected chi connectivity index (χ0v) is 31.7. The maximum Gasteiger partial charge on any atom is 0.477 e. The van der Waals surface area contributed by atoms with Gasteiger partial charge in [-0.1, -0.05) is 87.4 Å². The highest BCUT2D eigenvalue weighted by atomic mass is 31.2. The summed E-state index contributed by atoms with van der Waals surface area (Å²) in [5.74, 6) is -1.59. The molecule has 0 N–H and O–H groups in total. The van der Waals surface area contributed by atoms with Gasteiger partial charge in [0.25, 0.3) is 0 Å². The van der Waals surface area contributed by atoms with Gasteiger partial charge < -0.3 is 28.5 Å². The second kappa shape index (κ2) is 21.5. The molecule has 5 atom stereocenters. The fraction of sp³-hybridized carbons (Fsp3) is 0.605. The van der Waals surface area contributed by atoms with E-state index in [1.165, 1.54) is 6.92 Å². The van der Waals surface area contributed by atoms with Crippen molar-refractivity contribution in [2.45, 2.75) is 124 Å². The van der Waals surface area contributed by atoms with E-state index in [2.05, 4.69) is 0 Å². The first kappa shape index (κ1) is 42.5. The van der Waals surface area contributed by atoms with Crippen LogP contribution < -0.4 is 0 Å². The van der Waals surface area contributed by atoms with Crippen LogP contribution in [-0.2, 0) is 69.4 Å². The lowest BCUT2D eigenvalue weighted by Crippen LogP contribution is -2.62. The van der Waals surface area contributed by atoms with E-state index in [1.54, 1.807) is 20.8 Å². The highest BCUT2D eigenvalue weighted by Crippen LogP contribution is 2.53. The standard InChI is InChI=1S/C38H55O12P/c1-7-9-23-45-51(42,46-24-10-8-2)50-36-35(49-37(41)38(4,5)6)34(48-32(40)22-21-28(3)39)33(44-26-30-19-15-12-16-20-30)31(47-36)27-43-25-29-17-13-11-14-18-29/h11-20,31,33-36H,7-10,21-27H2,1-6H3. The molecule has 0 spiro atoms. The van der Waals surface area contributed by atoms with Crippen molar-refractivity contribution in [3.63, 3.8) is 0 Å². The quantitative estimate of drug-likeness (QED) is 0.0671. The van der Waals surface area contributed by atoms with E-state index in [1.807, 2.05) is 74.5 Å². The number of phosphoric ester groups is 1. The molecule has 284 valence electrons. The summed E-state index contributed by atoms with van der Waals surface area (Å²) in [6.45, 7) is 10.7. The first-order valence-corrected chi connectivity index (χ1v) is 19.2. The molecule has 1 saturated heterocycles. The Bertz CT molecular complexity index is 1370. The largest absolute Gasteiger partial charge is 0.477 e. The summed E-state index contributed by atoms with van der Waals surface area (Å²) in [6.07, 6.45) is -4.07. The summed E-state index contributed by atoms with van der Waals surface area (Å²) in [4.78, 5) is 38.6. The van der Waals surface area contributed by atoms with Crippen LogP contribution in [0.15, 0.2) is 60.7 Å². The minimum Gasteiger partial charge on any atom is -0.455 e. The minimum atomic E-state index is -4.32. The Balaban J connectivity index is 2.08. The number of benzene rings is 2. The summed E-state index contributed by atoms with van der Waals surface area (Å²) in [7, 11) is -4.32. The van der Waals surface area contributed by atoms with E-state index >= 15 is 0 Å². The summed E-state index contributed by atoms with van der Waals surface area (Å²) >= 11 is 0. The lowest BCUT2D eigenvalue weighted by atomic mass is 9.95. The topological polar surface area (TPSA) is 142 Å². The molecule has 13 heteroatoms. The minimum absolute atomic E-state index is 0.0562. The van der Waals surface area contributed by atoms with Crippen molar-refractivity contribution >= 4 is 25.5 Å². The summed E-state index contributed by atoms with van der Waals surface area (Å²) in [5, 5.41) is 0. The van der Waals surface area contributed by atoms with Crippen LogP contribution in [0, 0.1) is 5.41 Å². The number of ether oxygens (including phenoxy) is 5. The number of ketones is 1. The third-order valence-electron chi connectivity index (χ3n) is 7.80. The number of hydrogen-bond donors (Lipinski definition) is 0. The zero-order valence-electron chi connectivity index (χ0n) is 30.8. The Morgan fingerprint density at radius 2 is 1.33 bits per heavy atom. The second-order valence-corrected chi connectivity index (χ2v) is 15.1. The predicted molar refractivity (Wildman–Crippen MR) is 189 cm³/mol. The number of carbonyl (C=O) groups excluding carboxylic acids is 3. The van der Waals surface area contributed by atoms with Crippen LogP contribution in [0.25, 0.3) is 0 Å². The Morgan fingerprint density at radius 3 is 1.86 bits per heavy atom. The monoisotopic (exact) mass is 734 g/mol. The number of esters is 2. The van der Waals surface area contributed by atoms with Crippen molar-refractivity contribution in [1.29, 1.82) is 0 Å². The molecule has 0 aromatic heterocycles. The highest BCUT2D eigenvalue weighted by Gasteiger charge is 2.54. The lowest BCUT2D eigenvalue weighted by molar-refractivity contribution is -0.301. The van der Waals surface area contributed by atoms with Crippen molar-refractivity contribution in [3.8, 4) is 0 Å². The van der Waals surface area contributed by atoms with Gasteiger partial charge in [0, 0.05) is 6.42 Å². The molecule has 12 nitrogen and oxygen atoms in total. The van der Waals surface area contributed by atoms with Gasteiger partial charge in [-0.25, -0.2) is 4.57 Å². The van der Waals surface area contributed by atoms with Crippen molar-refractivity contribution in [2.75, 3.05) is 19.8 Å². The molecule has 51 heavy (non-hydrogen) atoms. The van der Waals surface area contributed by atoms with Crippen molar-refractivity contribution in [1.82, 2.24) is 0 Å². The first-order valence-electron chi connectivity index (χ1n) is 17.7. The number of phosphoric acid groups is 1. The Labute approximate surface area is 302 Å². The Morgan fingerprint density at radius 1 is 0.765 bits per heavy atom. The SMILES string of the molecule is CCCCOP(=O)(OCCCC)OC1OC(COCc2ccccc2)C(OCc2ccccc2)C(OC(=O)CCC(C)=O)C1OC(=O)C(C)(C)C. The molecular weight excluding hydrogens is 679 g/mol. The van der Waals surface area contributed by atoms with Crippen molar-refractivity contribution in [2.24, 2.45) is 5.41 Å². The normalized spacial score (nSPS) is 20.9. The molecule has 3 rings (SSSR count). The van der Waals surface area contributed by atoms with E-state index in [-0.39, 0.29) is 51.7 Å². The van der Waals surface area contributed by atoms with Gasteiger partial charge in [0.2, 0.25) is 6.29 Å². The molecule has 2 aromatic carbocycles. The van der Waals surface area contributed by atoms with E-state index in [0.29, 0.717) is 12.8 Å². The summed E-state index contributed by atoms with van der Waals surface area (Å²) in [6, 6.07) is 18.9. The number of unbranched alkanes of at least 4 members (excludes halogenated alkanes) is 2. The van der Waals surface area contributed by atoms with Gasteiger partial charge in [-0.3, -0.25) is 23.2 Å². The van der Waals surface area contributed by atoms with E-state index < -0.39 is 55.9 Å². The summed E-state index contributed by atoms with van der Waals surface area (Å²) < 4.78 is 62.7. The molecule has 0 amide bonds. The smallest absolute Gasteiger partial charge is 0.455 e. The van der Waals surface area contributed by atoms with Crippen LogP contribution in [0.5, 0.6) is 0 Å². The molecule has 1 aliphatic heterocycles. The van der Waals surface area contributed by atoms with E-state index in [4.69, 9.17) is 37.3 Å². The van der Waals surface area contributed by atoms with E-state index in [0.717, 1.165) is 24.0 Å². The predicted octanol–water partition coefficient (Wildman–Crippen LogP) is 7.51. The maximum atomic E-state index is 14.2. The molecule has 0 radical (unpaired) electrons. The third kappa shape index (κ3) is 14.9. The highest BCUT2D eigenvalue weighted by molar-refractivity contribution is 7.48. The van der Waals surface area contributed by atoms with Crippen LogP contribution in [-0.4, -0.2) is 68.2 Å². The molecule has 5 unspecified atom stereocenters. The maximum absolute atomic E-state index is 14.2. The van der Waals surface area contributed by atoms with Gasteiger partial charge in [-0.2, -0.15) is 0 Å². The molecular formula is C38H55O12P. The first-order chi connectivity index (χ1) is 24.3. The Kier molecular flexibility index (Phi) is 17.9. The number of rotatable bonds is 22. The molecule has 0 bridgehead atoms. The molecule has 2 aromatic rings. The molecule has 1 heterocycles. The van der Waals surface area contributed by atoms with Crippen LogP contribution in [0.2, 0.25) is 0 Å². The average Bonchev–Trinajstić information content (AvgIpc) is 3.09. The van der Waals surface area contributed by atoms with Gasteiger partial charge in [-0.05, 0) is 51.7 Å². The molecule has 1 fully saturated rings. The zero-order chi connectivity index (χ0) is 37.3. The van der Waals surface area contributed by atoms with Gasteiger partial charge in [0.1, 0.15) is 18.0 Å². The average molecular weight is 735 g/mol. The van der Waals surface area contributed by atoms with Crippen molar-refractivity contribution in [3.05, 3.63) is 71.8 Å². The number of hydrogen-bond acceptors (Lipinski definition) is 12. The fourth-order valence-electron chi connectivity index (χ4n) is 4.85. The van der Waals surface area contributed by atoms with Gasteiger partial charge in [0.15, 0.2) is 12.2 Å². The fourth-order valence-corrected chi connectivity index (χ4v) is 6.17. The van der Waals surface area contributed by atoms with Crippen LogP contribution in [0.1, 0.15) is 91.2 Å².